The van der Waals surface area contributed by atoms with Gasteiger partial charge in [0.05, 0.1) is 16.7 Å². The summed E-state index contributed by atoms with van der Waals surface area (Å²) in [6, 6.07) is 12.1. The van der Waals surface area contributed by atoms with Crippen molar-refractivity contribution in [1.29, 1.82) is 0 Å². The largest absolute Gasteiger partial charge is 0.508 e. The number of alkyl halides is 3. The van der Waals surface area contributed by atoms with Crippen molar-refractivity contribution < 1.29 is 37.4 Å². The molecule has 0 spiro atoms. The lowest BCUT2D eigenvalue weighted by Gasteiger charge is -2.11. The smallest absolute Gasteiger partial charge is 0.416 e. The highest BCUT2D eigenvalue weighted by atomic mass is 19.4. The van der Waals surface area contributed by atoms with Crippen LogP contribution in [-0.4, -0.2) is 22.1 Å². The van der Waals surface area contributed by atoms with E-state index in [1.807, 2.05) is 0 Å². The molecule has 0 aliphatic carbocycles. The Morgan fingerprint density at radius 2 is 1.55 bits per heavy atom. The zero-order valence-electron chi connectivity index (χ0n) is 15.7. The number of phenolic OH excluding ortho intramolecular Hbond substituents is 1. The Kier molecular flexibility index (Phi) is 5.96. The van der Waals surface area contributed by atoms with Crippen LogP contribution in [0.25, 0.3) is 11.1 Å². The number of carboxylic acid groups (broad SMARTS) is 1. The van der Waals surface area contributed by atoms with Gasteiger partial charge < -0.3 is 15.5 Å². The van der Waals surface area contributed by atoms with Crippen LogP contribution in [0.1, 0.15) is 31.8 Å². The number of phenols is 1. The molecule has 0 aliphatic heterocycles. The summed E-state index contributed by atoms with van der Waals surface area (Å²) in [5, 5.41) is 21.4. The zero-order chi connectivity index (χ0) is 22.8. The molecule has 3 aromatic rings. The number of nitrogens with one attached hydrogen (secondary N) is 1. The lowest BCUT2D eigenvalue weighted by Crippen LogP contribution is -2.24. The monoisotopic (exact) mass is 433 g/mol. The van der Waals surface area contributed by atoms with Gasteiger partial charge in [0.1, 0.15) is 11.6 Å². The molecule has 0 aromatic heterocycles. The van der Waals surface area contributed by atoms with Crippen molar-refractivity contribution >= 4 is 11.9 Å². The molecule has 0 saturated carbocycles. The molecule has 31 heavy (non-hydrogen) atoms. The molecule has 3 rings (SSSR count). The van der Waals surface area contributed by atoms with Gasteiger partial charge >= 0.3 is 12.1 Å². The quantitative estimate of drug-likeness (QED) is 0.503. The first-order chi connectivity index (χ1) is 14.6. The third kappa shape index (κ3) is 5.00. The number of rotatable bonds is 5. The van der Waals surface area contributed by atoms with Crippen LogP contribution in [0.5, 0.6) is 5.75 Å². The van der Waals surface area contributed by atoms with Crippen molar-refractivity contribution in [2.24, 2.45) is 0 Å². The first kappa shape index (κ1) is 21.8. The molecule has 160 valence electrons. The van der Waals surface area contributed by atoms with Crippen LogP contribution in [0.4, 0.5) is 17.6 Å². The number of aromatic carboxylic acids is 1. The number of hydrogen-bond donors (Lipinski definition) is 3. The van der Waals surface area contributed by atoms with Crippen molar-refractivity contribution in [3.63, 3.8) is 0 Å². The van der Waals surface area contributed by atoms with Gasteiger partial charge in [-0.25, -0.2) is 9.18 Å². The van der Waals surface area contributed by atoms with E-state index < -0.39 is 35.0 Å². The van der Waals surface area contributed by atoms with Crippen LogP contribution in [0.3, 0.4) is 0 Å². The molecular weight excluding hydrogens is 418 g/mol. The Hall–Kier alpha value is -3.88. The summed E-state index contributed by atoms with van der Waals surface area (Å²) < 4.78 is 51.8. The van der Waals surface area contributed by atoms with Crippen molar-refractivity contribution in [2.45, 2.75) is 12.7 Å². The minimum Gasteiger partial charge on any atom is -0.508 e. The first-order valence-corrected chi connectivity index (χ1v) is 8.87. The molecule has 0 saturated heterocycles. The third-order valence-corrected chi connectivity index (χ3v) is 4.53. The number of carboxylic acids is 1. The molecule has 9 heteroatoms. The topological polar surface area (TPSA) is 86.6 Å². The maximum Gasteiger partial charge on any atom is 0.416 e. The zero-order valence-corrected chi connectivity index (χ0v) is 15.7. The van der Waals surface area contributed by atoms with Crippen molar-refractivity contribution in [1.82, 2.24) is 5.32 Å². The molecule has 3 N–H and O–H groups in total. The summed E-state index contributed by atoms with van der Waals surface area (Å²) in [7, 11) is 0. The van der Waals surface area contributed by atoms with Crippen molar-refractivity contribution in [2.75, 3.05) is 0 Å². The third-order valence-electron chi connectivity index (χ3n) is 4.53. The van der Waals surface area contributed by atoms with Crippen molar-refractivity contribution in [3.8, 4) is 16.9 Å². The molecule has 0 unspecified atom stereocenters. The Bertz CT molecular complexity index is 1140. The predicted octanol–water partition coefficient (Wildman–Crippen LogP) is 4.85. The van der Waals surface area contributed by atoms with E-state index in [1.54, 1.807) is 24.3 Å². The van der Waals surface area contributed by atoms with Crippen LogP contribution < -0.4 is 5.32 Å². The number of halogens is 4. The maximum atomic E-state index is 14.0. The van der Waals surface area contributed by atoms with Gasteiger partial charge in [-0.05, 0) is 53.6 Å². The van der Waals surface area contributed by atoms with Crippen LogP contribution >= 0.6 is 0 Å². The minimum absolute atomic E-state index is 0.105. The Morgan fingerprint density at radius 3 is 2.13 bits per heavy atom. The van der Waals surface area contributed by atoms with E-state index >= 15 is 0 Å². The second-order valence-electron chi connectivity index (χ2n) is 6.60. The van der Waals surface area contributed by atoms with E-state index in [4.69, 9.17) is 5.11 Å². The van der Waals surface area contributed by atoms with Gasteiger partial charge in [0.2, 0.25) is 0 Å². The van der Waals surface area contributed by atoms with Crippen molar-refractivity contribution in [3.05, 3.63) is 88.7 Å². The number of hydrogen-bond acceptors (Lipinski definition) is 3. The highest BCUT2D eigenvalue weighted by Gasteiger charge is 2.31. The van der Waals surface area contributed by atoms with Gasteiger partial charge in [-0.1, -0.05) is 18.2 Å². The van der Waals surface area contributed by atoms with Gasteiger partial charge in [-0.3, -0.25) is 4.79 Å². The number of aromatic hydroxyl groups is 1. The summed E-state index contributed by atoms with van der Waals surface area (Å²) in [4.78, 5) is 23.1. The molecule has 5 nitrogen and oxygen atoms in total. The normalized spacial score (nSPS) is 11.2. The Morgan fingerprint density at radius 1 is 0.903 bits per heavy atom. The molecule has 0 aliphatic rings. The standard InChI is InChI=1S/C22H15F4NO4/c23-18-10-16(22(24,25)26)6-7-17(18)20(29)27-11-15-9-14(5-8-19(15)28)12-1-3-13(4-2-12)21(30)31/h1-10,28H,11H2,(H,27,29)(H,30,31). The van der Waals surface area contributed by atoms with E-state index in [0.29, 0.717) is 17.2 Å². The highest BCUT2D eigenvalue weighted by Crippen LogP contribution is 2.30. The lowest BCUT2D eigenvalue weighted by molar-refractivity contribution is -0.137. The van der Waals surface area contributed by atoms with Gasteiger partial charge in [0.15, 0.2) is 0 Å². The fourth-order valence-corrected chi connectivity index (χ4v) is 2.86. The second-order valence-corrected chi connectivity index (χ2v) is 6.60. The van der Waals surface area contributed by atoms with Crippen LogP contribution in [0, 0.1) is 5.82 Å². The number of carbonyl (C=O) groups is 2. The lowest BCUT2D eigenvalue weighted by atomic mass is 10.0. The highest BCUT2D eigenvalue weighted by molar-refractivity contribution is 5.94. The molecule has 0 radical (unpaired) electrons. The molecule has 0 atom stereocenters. The number of benzene rings is 3. The summed E-state index contributed by atoms with van der Waals surface area (Å²) in [5.74, 6) is -3.49. The molecule has 0 fully saturated rings. The van der Waals surface area contributed by atoms with Crippen LogP contribution in [0.15, 0.2) is 60.7 Å². The average Bonchev–Trinajstić information content (AvgIpc) is 2.72. The van der Waals surface area contributed by atoms with Gasteiger partial charge in [0, 0.05) is 12.1 Å². The average molecular weight is 433 g/mol. The number of amides is 1. The summed E-state index contributed by atoms with van der Waals surface area (Å²) in [5.41, 5.74) is -0.103. The van der Waals surface area contributed by atoms with E-state index in [1.165, 1.54) is 18.2 Å². The minimum atomic E-state index is -4.73. The molecule has 3 aromatic carbocycles. The molecule has 0 bridgehead atoms. The van der Waals surface area contributed by atoms with E-state index in [-0.39, 0.29) is 29.5 Å². The molecule has 0 heterocycles. The van der Waals surface area contributed by atoms with Gasteiger partial charge in [-0.15, -0.1) is 0 Å². The van der Waals surface area contributed by atoms with E-state index in [2.05, 4.69) is 5.32 Å². The molecule has 1 amide bonds. The molecular formula is C22H15F4NO4. The van der Waals surface area contributed by atoms with Crippen LogP contribution in [-0.2, 0) is 12.7 Å². The van der Waals surface area contributed by atoms with E-state index in [0.717, 1.165) is 6.07 Å². The summed E-state index contributed by atoms with van der Waals surface area (Å²) in [6.07, 6.45) is -4.73. The van der Waals surface area contributed by atoms with Gasteiger partial charge in [-0.2, -0.15) is 13.2 Å². The first-order valence-electron chi connectivity index (χ1n) is 8.87. The fraction of sp³-hybridized carbons (Fsp3) is 0.0909. The van der Waals surface area contributed by atoms with E-state index in [9.17, 15) is 32.3 Å². The maximum absolute atomic E-state index is 14.0. The second kappa shape index (κ2) is 8.47. The van der Waals surface area contributed by atoms with Crippen LogP contribution in [0.2, 0.25) is 0 Å². The summed E-state index contributed by atoms with van der Waals surface area (Å²) >= 11 is 0. The summed E-state index contributed by atoms with van der Waals surface area (Å²) in [6.45, 7) is -0.216. The number of carbonyl (C=O) groups excluding carboxylic acids is 1. The predicted molar refractivity (Wildman–Crippen MR) is 103 cm³/mol. The Labute approximate surface area is 173 Å². The fourth-order valence-electron chi connectivity index (χ4n) is 2.86. The Balaban J connectivity index is 1.76. The van der Waals surface area contributed by atoms with Gasteiger partial charge in [0.25, 0.3) is 5.91 Å². The SMILES string of the molecule is O=C(O)c1ccc(-c2ccc(O)c(CNC(=O)c3ccc(C(F)(F)F)cc3F)c2)cc1.